The van der Waals surface area contributed by atoms with Crippen molar-refractivity contribution in [2.24, 2.45) is 7.05 Å². The van der Waals surface area contributed by atoms with Crippen LogP contribution in [-0.4, -0.2) is 17.8 Å². The number of hydrogen-bond acceptors (Lipinski definition) is 4. The predicted octanol–water partition coefficient (Wildman–Crippen LogP) is 2.94. The zero-order chi connectivity index (χ0) is 14.7. The molecule has 0 amide bonds. The molecule has 19 heavy (non-hydrogen) atoms. The zero-order valence-electron chi connectivity index (χ0n) is 12.2. The van der Waals surface area contributed by atoms with Crippen LogP contribution in [-0.2, 0) is 46.7 Å². The Morgan fingerprint density at radius 1 is 1.26 bits per heavy atom. The Bertz CT molecular complexity index is 376. The first-order valence-electron chi connectivity index (χ1n) is 6.56. The van der Waals surface area contributed by atoms with Gasteiger partial charge in [0.1, 0.15) is 12.4 Å². The van der Waals surface area contributed by atoms with Crippen LogP contribution in [0.5, 0.6) is 0 Å². The molecule has 0 N–H and O–H groups in total. The van der Waals surface area contributed by atoms with Gasteiger partial charge in [0.25, 0.3) is 0 Å². The molecule has 1 heterocycles. The Balaban J connectivity index is 0.000000344. The Morgan fingerprint density at radius 3 is 2.21 bits per heavy atom. The van der Waals surface area contributed by atoms with Crippen molar-refractivity contribution in [2.75, 3.05) is 13.2 Å². The summed E-state index contributed by atoms with van der Waals surface area (Å²) >= 11 is 9.65. The first-order valence-corrected chi connectivity index (χ1v) is 10.2. The number of aromatic nitrogens is 2. The van der Waals surface area contributed by atoms with E-state index >= 15 is 0 Å². The van der Waals surface area contributed by atoms with E-state index in [1.807, 2.05) is 20.9 Å². The highest BCUT2D eigenvalue weighted by atomic mass is 32.9. The number of rotatable bonds is 7. The van der Waals surface area contributed by atoms with E-state index < -0.39 is 5.69 Å². The van der Waals surface area contributed by atoms with Crippen molar-refractivity contribution >= 4 is 29.7 Å². The van der Waals surface area contributed by atoms with Gasteiger partial charge in [-0.3, -0.25) is 0 Å². The predicted molar refractivity (Wildman–Crippen MR) is 85.4 cm³/mol. The fourth-order valence-electron chi connectivity index (χ4n) is 1.33. The third-order valence-electron chi connectivity index (χ3n) is 2.17. The topological polar surface area (TPSA) is 27.3 Å². The first kappa shape index (κ1) is 19.1. The van der Waals surface area contributed by atoms with Crippen molar-refractivity contribution in [3.8, 4) is 0 Å². The van der Waals surface area contributed by atoms with Gasteiger partial charge in [-0.25, -0.2) is 9.13 Å². The molecule has 0 saturated heterocycles. The second-order valence-corrected chi connectivity index (χ2v) is 8.94. The summed E-state index contributed by atoms with van der Waals surface area (Å²) in [5, 5.41) is 0. The average Bonchev–Trinajstić information content (AvgIpc) is 2.73. The lowest BCUT2D eigenvalue weighted by Crippen LogP contribution is -2.23. The van der Waals surface area contributed by atoms with E-state index in [4.69, 9.17) is 33.1 Å². The summed E-state index contributed by atoms with van der Waals surface area (Å²) in [5.41, 5.74) is -2.28. The van der Waals surface area contributed by atoms with E-state index in [-0.39, 0.29) is 0 Å². The second-order valence-electron chi connectivity index (χ2n) is 3.95. The van der Waals surface area contributed by atoms with Crippen LogP contribution in [0.4, 0.5) is 0 Å². The van der Waals surface area contributed by atoms with Crippen LogP contribution in [0.1, 0.15) is 33.6 Å². The van der Waals surface area contributed by atoms with Crippen molar-refractivity contribution < 1.29 is 13.6 Å². The van der Waals surface area contributed by atoms with Crippen LogP contribution in [0.3, 0.4) is 0 Å². The molecule has 112 valence electrons. The molecular formula is C12H25N2O2PS2. The van der Waals surface area contributed by atoms with E-state index in [1.165, 1.54) is 12.8 Å². The standard InChI is InChI=1S/C8H15N2.C4H11O2PS2/c1-3-4-5-10-7-6-9(2)8-10;1-3-5-7(8,9)6-4-2/h6-8H,3-5H2,1-2H3;3-4H2,1-2H3,(H,8,9)/q+1;/p-1. The quantitative estimate of drug-likeness (QED) is 0.438. The normalized spacial score (nSPS) is 11.0. The lowest BCUT2D eigenvalue weighted by molar-refractivity contribution is -0.671. The molecule has 1 aromatic heterocycles. The minimum atomic E-state index is -2.28. The summed E-state index contributed by atoms with van der Waals surface area (Å²) in [6, 6.07) is 0. The Kier molecular flexibility index (Phi) is 10.9. The largest absolute Gasteiger partial charge is 0.691 e. The van der Waals surface area contributed by atoms with Crippen LogP contribution < -0.4 is 4.57 Å². The van der Waals surface area contributed by atoms with Crippen LogP contribution in [0.15, 0.2) is 18.7 Å². The van der Waals surface area contributed by atoms with Crippen molar-refractivity contribution in [3.63, 3.8) is 0 Å². The minimum Gasteiger partial charge on any atom is -0.691 e. The highest BCUT2D eigenvalue weighted by molar-refractivity contribution is 8.51. The van der Waals surface area contributed by atoms with Gasteiger partial charge in [-0.2, -0.15) is 0 Å². The maximum Gasteiger partial charge on any atom is 0.243 e. The zero-order valence-corrected chi connectivity index (χ0v) is 14.8. The van der Waals surface area contributed by atoms with E-state index in [0.29, 0.717) is 13.2 Å². The average molecular weight is 324 g/mol. The second kappa shape index (κ2) is 10.9. The molecule has 0 bridgehead atoms. The molecule has 0 spiro atoms. The van der Waals surface area contributed by atoms with Gasteiger partial charge >= 0.3 is 0 Å². The van der Waals surface area contributed by atoms with Crippen molar-refractivity contribution in [2.45, 2.75) is 40.2 Å². The monoisotopic (exact) mass is 324 g/mol. The highest BCUT2D eigenvalue weighted by Gasteiger charge is 1.96. The maximum atomic E-state index is 4.99. The maximum absolute atomic E-state index is 4.99. The molecule has 0 aromatic carbocycles. The summed E-state index contributed by atoms with van der Waals surface area (Å²) in [6.45, 7) is 8.15. The fraction of sp³-hybridized carbons (Fsp3) is 0.750. The molecule has 0 radical (unpaired) electrons. The van der Waals surface area contributed by atoms with Gasteiger partial charge in [-0.05, 0) is 20.3 Å². The van der Waals surface area contributed by atoms with Crippen molar-refractivity contribution in [1.29, 1.82) is 0 Å². The van der Waals surface area contributed by atoms with E-state index in [2.05, 4.69) is 34.8 Å². The highest BCUT2D eigenvalue weighted by Crippen LogP contribution is 2.45. The van der Waals surface area contributed by atoms with Crippen molar-refractivity contribution in [3.05, 3.63) is 18.7 Å². The number of imidazole rings is 1. The molecule has 0 atom stereocenters. The van der Waals surface area contributed by atoms with E-state index in [0.717, 1.165) is 6.54 Å². The lowest BCUT2D eigenvalue weighted by Gasteiger charge is -2.26. The lowest BCUT2D eigenvalue weighted by atomic mass is 10.3. The van der Waals surface area contributed by atoms with Gasteiger partial charge in [-0.1, -0.05) is 25.2 Å². The minimum absolute atomic E-state index is 0.542. The summed E-state index contributed by atoms with van der Waals surface area (Å²) in [6.07, 6.45) is 8.82. The summed E-state index contributed by atoms with van der Waals surface area (Å²) < 4.78 is 14.3. The molecule has 0 fully saturated rings. The Labute approximate surface area is 127 Å². The smallest absolute Gasteiger partial charge is 0.243 e. The third kappa shape index (κ3) is 10.6. The van der Waals surface area contributed by atoms with Gasteiger partial charge in [0.05, 0.1) is 19.3 Å². The van der Waals surface area contributed by atoms with Crippen LogP contribution >= 0.6 is 5.69 Å². The molecule has 7 heteroatoms. The van der Waals surface area contributed by atoms with Crippen LogP contribution in [0.25, 0.3) is 0 Å². The van der Waals surface area contributed by atoms with Crippen LogP contribution in [0, 0.1) is 0 Å². The molecule has 0 aliphatic heterocycles. The van der Waals surface area contributed by atoms with E-state index in [9.17, 15) is 0 Å². The molecule has 0 aliphatic carbocycles. The molecule has 4 nitrogen and oxygen atoms in total. The Morgan fingerprint density at radius 2 is 1.84 bits per heavy atom. The fourth-order valence-corrected chi connectivity index (χ4v) is 3.30. The number of aryl methyl sites for hydroxylation is 2. The first-order chi connectivity index (χ1) is 8.95. The third-order valence-corrected chi connectivity index (χ3v) is 4.58. The molecule has 0 saturated carbocycles. The van der Waals surface area contributed by atoms with Gasteiger partial charge in [0.2, 0.25) is 6.33 Å². The SMILES string of the molecule is CCCCn1cc[n+](C)c1.CCOP(=S)([S-])OCC. The van der Waals surface area contributed by atoms with Gasteiger partial charge in [-0.15, -0.1) is 0 Å². The molecular weight excluding hydrogens is 299 g/mol. The summed E-state index contributed by atoms with van der Waals surface area (Å²) in [4.78, 5) is 0. The van der Waals surface area contributed by atoms with Gasteiger partial charge < -0.3 is 21.3 Å². The number of hydrogen-bond donors (Lipinski definition) is 0. The van der Waals surface area contributed by atoms with Crippen LogP contribution in [0.2, 0.25) is 0 Å². The van der Waals surface area contributed by atoms with Crippen molar-refractivity contribution in [1.82, 2.24) is 4.57 Å². The van der Waals surface area contributed by atoms with Gasteiger partial charge in [0, 0.05) is 13.2 Å². The van der Waals surface area contributed by atoms with E-state index in [1.54, 1.807) is 0 Å². The summed E-state index contributed by atoms with van der Waals surface area (Å²) in [5.74, 6) is 0. The number of unbranched alkanes of at least 4 members (excludes halogenated alkanes) is 1. The molecule has 0 unspecified atom stereocenters. The number of nitrogens with zero attached hydrogens (tertiary/aromatic N) is 2. The van der Waals surface area contributed by atoms with Gasteiger partial charge in [0.15, 0.2) is 0 Å². The molecule has 1 rings (SSSR count). The summed E-state index contributed by atoms with van der Waals surface area (Å²) in [7, 11) is 2.04. The molecule has 0 aliphatic rings. The molecule has 1 aromatic rings. The Hall–Kier alpha value is 0.130.